The summed E-state index contributed by atoms with van der Waals surface area (Å²) in [5, 5.41) is 7.30. The topological polar surface area (TPSA) is 41.0 Å². The van der Waals surface area contributed by atoms with Crippen LogP contribution in [0.1, 0.15) is 19.8 Å². The third-order valence-corrected chi connectivity index (χ3v) is 5.48. The maximum atomic E-state index is 5.41. The number of hydrogen-bond acceptors (Lipinski definition) is 3. The van der Waals surface area contributed by atoms with E-state index in [2.05, 4.69) is 46.7 Å². The molecular formula is C19H31N4OS+. The molecule has 3 N–H and O–H groups in total. The van der Waals surface area contributed by atoms with Gasteiger partial charge in [-0.3, -0.25) is 0 Å². The van der Waals surface area contributed by atoms with Crippen molar-refractivity contribution < 1.29 is 9.64 Å². The molecule has 1 aromatic carbocycles. The number of thiocarbonyl (C=S) groups is 1. The van der Waals surface area contributed by atoms with Crippen LogP contribution in [-0.4, -0.2) is 57.6 Å². The van der Waals surface area contributed by atoms with Crippen LogP contribution < -0.4 is 20.4 Å². The Labute approximate surface area is 156 Å². The van der Waals surface area contributed by atoms with Crippen molar-refractivity contribution in [1.29, 1.82) is 0 Å². The quantitative estimate of drug-likeness (QED) is 0.684. The third kappa shape index (κ3) is 5.83. The Bertz CT molecular complexity index is 537. The van der Waals surface area contributed by atoms with E-state index in [1.54, 1.807) is 4.90 Å². The highest BCUT2D eigenvalue weighted by atomic mass is 32.1. The smallest absolute Gasteiger partial charge is 0.170 e. The van der Waals surface area contributed by atoms with Gasteiger partial charge in [0.2, 0.25) is 0 Å². The molecule has 2 aliphatic rings. The number of quaternary nitrogens is 1. The van der Waals surface area contributed by atoms with Crippen LogP contribution in [0.4, 0.5) is 11.4 Å². The van der Waals surface area contributed by atoms with Crippen LogP contribution in [0.2, 0.25) is 0 Å². The van der Waals surface area contributed by atoms with E-state index < -0.39 is 0 Å². The molecular weight excluding hydrogens is 332 g/mol. The molecule has 5 nitrogen and oxygen atoms in total. The molecule has 25 heavy (non-hydrogen) atoms. The highest BCUT2D eigenvalue weighted by Crippen LogP contribution is 2.24. The standard InChI is InChI=1S/C19H30N4OS/c1-16-6-9-23(10-7-16)18-4-2-17(3-5-18)21-19(25)20-8-11-22-12-14-24-15-13-22/h2-5,16H,6-15H2,1H3,(H2,20,21,25)/p+1. The van der Waals surface area contributed by atoms with Gasteiger partial charge in [-0.1, -0.05) is 6.92 Å². The van der Waals surface area contributed by atoms with Crippen molar-refractivity contribution in [1.82, 2.24) is 5.32 Å². The van der Waals surface area contributed by atoms with Crippen LogP contribution in [0.3, 0.4) is 0 Å². The Hall–Kier alpha value is -1.37. The SMILES string of the molecule is CC1CCN(c2ccc(NC(=S)NCC[NH+]3CCOCC3)cc2)CC1. The van der Waals surface area contributed by atoms with Crippen LogP contribution >= 0.6 is 12.2 Å². The number of morpholine rings is 1. The normalized spacial score (nSPS) is 19.6. The Balaban J connectivity index is 1.39. The summed E-state index contributed by atoms with van der Waals surface area (Å²) in [4.78, 5) is 4.06. The first-order valence-electron chi connectivity index (χ1n) is 9.52. The number of hydrogen-bond donors (Lipinski definition) is 3. The zero-order chi connectivity index (χ0) is 17.5. The Morgan fingerprint density at radius 1 is 1.20 bits per heavy atom. The summed E-state index contributed by atoms with van der Waals surface area (Å²) in [6, 6.07) is 8.63. The van der Waals surface area contributed by atoms with Crippen molar-refractivity contribution in [3.63, 3.8) is 0 Å². The molecule has 3 rings (SSSR count). The number of ether oxygens (including phenoxy) is 1. The maximum absolute atomic E-state index is 5.41. The zero-order valence-electron chi connectivity index (χ0n) is 15.2. The van der Waals surface area contributed by atoms with Crippen molar-refractivity contribution in [2.45, 2.75) is 19.8 Å². The van der Waals surface area contributed by atoms with Gasteiger partial charge in [0.25, 0.3) is 0 Å². The molecule has 6 heteroatoms. The average molecular weight is 364 g/mol. The second-order valence-corrected chi connectivity index (χ2v) is 7.62. The molecule has 0 amide bonds. The highest BCUT2D eigenvalue weighted by molar-refractivity contribution is 7.80. The molecule has 2 heterocycles. The van der Waals surface area contributed by atoms with Crippen molar-refractivity contribution >= 4 is 28.7 Å². The summed E-state index contributed by atoms with van der Waals surface area (Å²) in [7, 11) is 0. The van der Waals surface area contributed by atoms with Gasteiger partial charge >= 0.3 is 0 Å². The number of rotatable bonds is 5. The number of nitrogens with zero attached hydrogens (tertiary/aromatic N) is 1. The minimum atomic E-state index is 0.701. The van der Waals surface area contributed by atoms with Gasteiger partial charge < -0.3 is 25.2 Å². The predicted molar refractivity (Wildman–Crippen MR) is 108 cm³/mol. The van der Waals surface area contributed by atoms with Gasteiger partial charge in [-0.25, -0.2) is 0 Å². The largest absolute Gasteiger partial charge is 0.372 e. The van der Waals surface area contributed by atoms with Crippen molar-refractivity contribution in [2.24, 2.45) is 5.92 Å². The molecule has 0 aromatic heterocycles. The lowest BCUT2D eigenvalue weighted by Gasteiger charge is -2.32. The molecule has 0 spiro atoms. The van der Waals surface area contributed by atoms with Crippen molar-refractivity contribution in [2.75, 3.05) is 62.7 Å². The van der Waals surface area contributed by atoms with E-state index in [0.29, 0.717) is 5.11 Å². The van der Waals surface area contributed by atoms with E-state index in [1.807, 2.05) is 0 Å². The molecule has 0 aliphatic carbocycles. The molecule has 138 valence electrons. The van der Waals surface area contributed by atoms with Crippen LogP contribution in [0.15, 0.2) is 24.3 Å². The Kier molecular flexibility index (Phi) is 6.90. The summed E-state index contributed by atoms with van der Waals surface area (Å²) in [5.74, 6) is 0.861. The average Bonchev–Trinajstić information content (AvgIpc) is 2.64. The number of piperidine rings is 1. The molecule has 0 radical (unpaired) electrons. The minimum absolute atomic E-state index is 0.701. The fourth-order valence-electron chi connectivity index (χ4n) is 3.46. The van der Waals surface area contributed by atoms with E-state index >= 15 is 0 Å². The number of nitrogens with one attached hydrogen (secondary N) is 3. The van der Waals surface area contributed by atoms with Gasteiger partial charge in [-0.2, -0.15) is 0 Å². The van der Waals surface area contributed by atoms with Gasteiger partial charge in [-0.15, -0.1) is 0 Å². The fourth-order valence-corrected chi connectivity index (χ4v) is 3.68. The summed E-state index contributed by atoms with van der Waals surface area (Å²) in [6.45, 7) is 10.6. The van der Waals surface area contributed by atoms with E-state index in [4.69, 9.17) is 17.0 Å². The number of benzene rings is 1. The fraction of sp³-hybridized carbons (Fsp3) is 0.632. The van der Waals surface area contributed by atoms with Gasteiger partial charge in [0.1, 0.15) is 13.1 Å². The lowest BCUT2D eigenvalue weighted by molar-refractivity contribution is -0.906. The first-order valence-corrected chi connectivity index (χ1v) is 9.93. The molecule has 1 aromatic rings. The highest BCUT2D eigenvalue weighted by Gasteiger charge is 2.16. The van der Waals surface area contributed by atoms with Gasteiger partial charge in [-0.05, 0) is 55.2 Å². The summed E-state index contributed by atoms with van der Waals surface area (Å²) < 4.78 is 5.38. The van der Waals surface area contributed by atoms with Gasteiger partial charge in [0.05, 0.1) is 26.3 Å². The first kappa shape index (κ1) is 18.4. The predicted octanol–water partition coefficient (Wildman–Crippen LogP) is 1.12. The molecule has 2 saturated heterocycles. The summed E-state index contributed by atoms with van der Waals surface area (Å²) in [6.07, 6.45) is 2.58. The van der Waals surface area contributed by atoms with Crippen molar-refractivity contribution in [3.05, 3.63) is 24.3 Å². The van der Waals surface area contributed by atoms with E-state index in [0.717, 1.165) is 64.1 Å². The van der Waals surface area contributed by atoms with Crippen LogP contribution in [-0.2, 0) is 4.74 Å². The van der Waals surface area contributed by atoms with Crippen LogP contribution in [0.25, 0.3) is 0 Å². The second kappa shape index (κ2) is 9.36. The molecule has 0 saturated carbocycles. The molecule has 0 bridgehead atoms. The monoisotopic (exact) mass is 363 g/mol. The van der Waals surface area contributed by atoms with E-state index in [-0.39, 0.29) is 0 Å². The van der Waals surface area contributed by atoms with Crippen LogP contribution in [0, 0.1) is 5.92 Å². The Morgan fingerprint density at radius 3 is 2.56 bits per heavy atom. The summed E-state index contributed by atoms with van der Waals surface area (Å²) in [5.41, 5.74) is 2.36. The zero-order valence-corrected chi connectivity index (χ0v) is 16.0. The van der Waals surface area contributed by atoms with E-state index in [1.165, 1.54) is 18.5 Å². The third-order valence-electron chi connectivity index (χ3n) is 5.24. The molecule has 2 fully saturated rings. The molecule has 0 unspecified atom stereocenters. The first-order chi connectivity index (χ1) is 12.2. The van der Waals surface area contributed by atoms with Crippen LogP contribution in [0.5, 0.6) is 0 Å². The van der Waals surface area contributed by atoms with Gasteiger partial charge in [0.15, 0.2) is 5.11 Å². The molecule has 2 aliphatic heterocycles. The van der Waals surface area contributed by atoms with Crippen molar-refractivity contribution in [3.8, 4) is 0 Å². The minimum Gasteiger partial charge on any atom is -0.372 e. The number of anilines is 2. The molecule has 0 atom stereocenters. The lowest BCUT2D eigenvalue weighted by atomic mass is 9.99. The maximum Gasteiger partial charge on any atom is 0.170 e. The van der Waals surface area contributed by atoms with Gasteiger partial charge in [0, 0.05) is 24.5 Å². The Morgan fingerprint density at radius 2 is 1.88 bits per heavy atom. The van der Waals surface area contributed by atoms with E-state index in [9.17, 15) is 0 Å². The second-order valence-electron chi connectivity index (χ2n) is 7.21. The summed E-state index contributed by atoms with van der Waals surface area (Å²) >= 11 is 5.41. The lowest BCUT2D eigenvalue weighted by Crippen LogP contribution is -3.14.